The van der Waals surface area contributed by atoms with Crippen LogP contribution in [0.15, 0.2) is 0 Å². The first-order valence-corrected chi connectivity index (χ1v) is 7.29. The predicted octanol–water partition coefficient (Wildman–Crippen LogP) is 3.22. The molecule has 100 valence electrons. The van der Waals surface area contributed by atoms with Gasteiger partial charge < -0.3 is 10.1 Å². The Hall–Kier alpha value is -0.0800. The molecule has 4 unspecified atom stereocenters. The van der Waals surface area contributed by atoms with Crippen LogP contribution in [0.4, 0.5) is 0 Å². The zero-order valence-electron chi connectivity index (χ0n) is 12.2. The Bertz CT molecular complexity index is 276. The Balaban J connectivity index is 1.79. The highest BCUT2D eigenvalue weighted by Crippen LogP contribution is 2.52. The minimum absolute atomic E-state index is 0.356. The summed E-state index contributed by atoms with van der Waals surface area (Å²) in [5.41, 5.74) is 0.952. The molecule has 0 spiro atoms. The van der Waals surface area contributed by atoms with E-state index in [2.05, 4.69) is 39.9 Å². The maximum atomic E-state index is 5.84. The van der Waals surface area contributed by atoms with Gasteiger partial charge >= 0.3 is 0 Å². The maximum absolute atomic E-state index is 5.84. The van der Waals surface area contributed by atoms with E-state index >= 15 is 0 Å². The van der Waals surface area contributed by atoms with Gasteiger partial charge in [0.05, 0.1) is 6.10 Å². The molecule has 1 N–H and O–H groups in total. The van der Waals surface area contributed by atoms with E-state index in [4.69, 9.17) is 4.74 Å². The monoisotopic (exact) mass is 239 g/mol. The van der Waals surface area contributed by atoms with Gasteiger partial charge in [-0.25, -0.2) is 0 Å². The maximum Gasteiger partial charge on any atom is 0.0658 e. The summed E-state index contributed by atoms with van der Waals surface area (Å²) in [5, 5.41) is 3.79. The first-order chi connectivity index (χ1) is 7.94. The smallest absolute Gasteiger partial charge is 0.0658 e. The minimum atomic E-state index is 0.356. The van der Waals surface area contributed by atoms with Gasteiger partial charge in [0.2, 0.25) is 0 Å². The van der Waals surface area contributed by atoms with Crippen LogP contribution in [-0.4, -0.2) is 25.3 Å². The summed E-state index contributed by atoms with van der Waals surface area (Å²) in [6.07, 6.45) is 4.28. The van der Waals surface area contributed by atoms with E-state index in [1.165, 1.54) is 25.8 Å². The van der Waals surface area contributed by atoms with Gasteiger partial charge in [0.25, 0.3) is 0 Å². The third-order valence-electron chi connectivity index (χ3n) is 5.44. The highest BCUT2D eigenvalue weighted by Gasteiger charge is 2.52. The molecular formula is C15H29NO. The Morgan fingerprint density at radius 3 is 2.35 bits per heavy atom. The van der Waals surface area contributed by atoms with Gasteiger partial charge in [-0.1, -0.05) is 27.7 Å². The quantitative estimate of drug-likeness (QED) is 0.768. The van der Waals surface area contributed by atoms with Crippen molar-refractivity contribution in [2.75, 3.05) is 13.2 Å². The van der Waals surface area contributed by atoms with E-state index in [0.717, 1.165) is 12.5 Å². The molecule has 0 amide bonds. The van der Waals surface area contributed by atoms with Crippen LogP contribution < -0.4 is 5.32 Å². The second-order valence-corrected chi connectivity index (χ2v) is 6.89. The molecule has 0 aromatic rings. The SMILES string of the molecule is CCOC1CC(NCC2CC2(C)C)C1(C)CC. The van der Waals surface area contributed by atoms with E-state index in [9.17, 15) is 0 Å². The second-order valence-electron chi connectivity index (χ2n) is 6.89. The van der Waals surface area contributed by atoms with Crippen LogP contribution in [0.25, 0.3) is 0 Å². The highest BCUT2D eigenvalue weighted by atomic mass is 16.5. The summed E-state index contributed by atoms with van der Waals surface area (Å²) in [6.45, 7) is 13.6. The molecule has 2 heteroatoms. The summed E-state index contributed by atoms with van der Waals surface area (Å²) in [5.74, 6) is 0.898. The zero-order chi connectivity index (χ0) is 12.7. The molecule has 4 atom stereocenters. The number of nitrogens with one attached hydrogen (secondary N) is 1. The fraction of sp³-hybridized carbons (Fsp3) is 1.00. The van der Waals surface area contributed by atoms with Crippen molar-refractivity contribution in [1.29, 1.82) is 0 Å². The van der Waals surface area contributed by atoms with Crippen molar-refractivity contribution in [3.63, 3.8) is 0 Å². The molecule has 17 heavy (non-hydrogen) atoms. The summed E-state index contributed by atoms with van der Waals surface area (Å²) >= 11 is 0. The summed E-state index contributed by atoms with van der Waals surface area (Å²) in [6, 6.07) is 0.667. The largest absolute Gasteiger partial charge is 0.378 e. The van der Waals surface area contributed by atoms with Crippen molar-refractivity contribution in [2.24, 2.45) is 16.7 Å². The van der Waals surface area contributed by atoms with Crippen molar-refractivity contribution >= 4 is 0 Å². The van der Waals surface area contributed by atoms with Crippen molar-refractivity contribution in [2.45, 2.75) is 66.0 Å². The van der Waals surface area contributed by atoms with Gasteiger partial charge in [-0.3, -0.25) is 0 Å². The summed E-state index contributed by atoms with van der Waals surface area (Å²) in [4.78, 5) is 0. The molecule has 0 saturated heterocycles. The average molecular weight is 239 g/mol. The Kier molecular flexibility index (Phi) is 3.57. The van der Waals surface area contributed by atoms with Crippen molar-refractivity contribution in [3.8, 4) is 0 Å². The normalized spacial score (nSPS) is 43.2. The molecule has 2 saturated carbocycles. The number of hydrogen-bond donors (Lipinski definition) is 1. The summed E-state index contributed by atoms with van der Waals surface area (Å²) in [7, 11) is 0. The lowest BCUT2D eigenvalue weighted by molar-refractivity contribution is -0.125. The molecule has 0 aromatic carbocycles. The van der Waals surface area contributed by atoms with Crippen molar-refractivity contribution in [3.05, 3.63) is 0 Å². The molecule has 2 fully saturated rings. The average Bonchev–Trinajstić information content (AvgIpc) is 2.89. The third kappa shape index (κ3) is 2.39. The zero-order valence-corrected chi connectivity index (χ0v) is 12.2. The van der Waals surface area contributed by atoms with Crippen LogP contribution >= 0.6 is 0 Å². The van der Waals surface area contributed by atoms with Crippen molar-refractivity contribution < 1.29 is 4.74 Å². The molecular weight excluding hydrogens is 210 g/mol. The lowest BCUT2D eigenvalue weighted by Crippen LogP contribution is -2.62. The Labute approximate surface area is 107 Å². The standard InChI is InChI=1S/C15H29NO/c1-6-15(5)12(8-13(15)17-7-2)16-10-11-9-14(11,3)4/h11-13,16H,6-10H2,1-5H3. The Morgan fingerprint density at radius 1 is 1.24 bits per heavy atom. The molecule has 2 aliphatic rings. The van der Waals surface area contributed by atoms with E-state index in [0.29, 0.717) is 23.0 Å². The van der Waals surface area contributed by atoms with Gasteiger partial charge in [0, 0.05) is 18.1 Å². The molecule has 2 rings (SSSR count). The van der Waals surface area contributed by atoms with Gasteiger partial charge in [-0.05, 0) is 44.1 Å². The summed E-state index contributed by atoms with van der Waals surface area (Å²) < 4.78 is 5.84. The van der Waals surface area contributed by atoms with E-state index in [1.54, 1.807) is 0 Å². The first kappa shape index (κ1) is 13.4. The topological polar surface area (TPSA) is 21.3 Å². The van der Waals surface area contributed by atoms with E-state index < -0.39 is 0 Å². The van der Waals surface area contributed by atoms with Crippen LogP contribution in [0, 0.1) is 16.7 Å². The third-order valence-corrected chi connectivity index (χ3v) is 5.44. The van der Waals surface area contributed by atoms with Crippen molar-refractivity contribution in [1.82, 2.24) is 5.32 Å². The van der Waals surface area contributed by atoms with E-state index in [1.807, 2.05) is 0 Å². The van der Waals surface area contributed by atoms with Gasteiger partial charge in [-0.2, -0.15) is 0 Å². The number of ether oxygens (including phenoxy) is 1. The fourth-order valence-electron chi connectivity index (χ4n) is 3.28. The fourth-order valence-corrected chi connectivity index (χ4v) is 3.28. The predicted molar refractivity (Wildman–Crippen MR) is 72.1 cm³/mol. The van der Waals surface area contributed by atoms with Crippen LogP contribution in [0.2, 0.25) is 0 Å². The van der Waals surface area contributed by atoms with Crippen LogP contribution in [0.1, 0.15) is 53.9 Å². The highest BCUT2D eigenvalue weighted by molar-refractivity contribution is 5.06. The van der Waals surface area contributed by atoms with Gasteiger partial charge in [0.15, 0.2) is 0 Å². The molecule has 2 nitrogen and oxygen atoms in total. The van der Waals surface area contributed by atoms with Crippen LogP contribution in [0.3, 0.4) is 0 Å². The molecule has 0 heterocycles. The van der Waals surface area contributed by atoms with Crippen LogP contribution in [0.5, 0.6) is 0 Å². The molecule has 0 bridgehead atoms. The van der Waals surface area contributed by atoms with Crippen LogP contribution in [-0.2, 0) is 4.74 Å². The van der Waals surface area contributed by atoms with E-state index in [-0.39, 0.29) is 0 Å². The number of rotatable bonds is 6. The lowest BCUT2D eigenvalue weighted by Gasteiger charge is -2.54. The number of hydrogen-bond acceptors (Lipinski definition) is 2. The molecule has 2 aliphatic carbocycles. The Morgan fingerprint density at radius 2 is 1.88 bits per heavy atom. The minimum Gasteiger partial charge on any atom is -0.378 e. The van der Waals surface area contributed by atoms with Gasteiger partial charge in [0.1, 0.15) is 0 Å². The van der Waals surface area contributed by atoms with Gasteiger partial charge in [-0.15, -0.1) is 0 Å². The lowest BCUT2D eigenvalue weighted by atomic mass is 9.61. The second kappa shape index (κ2) is 4.55. The molecule has 0 radical (unpaired) electrons. The first-order valence-electron chi connectivity index (χ1n) is 7.29. The molecule has 0 aliphatic heterocycles. The molecule has 0 aromatic heterocycles.